The van der Waals surface area contributed by atoms with E-state index in [1.165, 1.54) is 33.0 Å². The second-order valence-corrected chi connectivity index (χ2v) is 9.09. The van der Waals surface area contributed by atoms with Gasteiger partial charge in [0.05, 0.1) is 0 Å². The predicted molar refractivity (Wildman–Crippen MR) is 143 cm³/mol. The third kappa shape index (κ3) is 4.41. The highest BCUT2D eigenvalue weighted by atomic mass is 79.9. The summed E-state index contributed by atoms with van der Waals surface area (Å²) in [6, 6.07) is 38.0. The molecule has 32 heavy (non-hydrogen) atoms. The van der Waals surface area contributed by atoms with E-state index < -0.39 is 0 Å². The first-order chi connectivity index (χ1) is 15.7. The van der Waals surface area contributed by atoms with Crippen molar-refractivity contribution in [3.05, 3.63) is 130 Å². The normalized spacial score (nSPS) is 11.3. The highest BCUT2D eigenvalue weighted by molar-refractivity contribution is 9.10. The second kappa shape index (κ2) is 9.16. The molecule has 0 spiro atoms. The molecule has 0 bridgehead atoms. The minimum atomic E-state index is 0.747. The molecule has 0 radical (unpaired) electrons. The maximum absolute atomic E-state index is 6.04. The van der Waals surface area contributed by atoms with Crippen LogP contribution in [-0.4, -0.2) is 0 Å². The van der Waals surface area contributed by atoms with Gasteiger partial charge in [-0.3, -0.25) is 0 Å². The zero-order valence-corrected chi connectivity index (χ0v) is 19.6. The summed E-state index contributed by atoms with van der Waals surface area (Å²) in [6.07, 6.45) is 4.30. The fourth-order valence-electron chi connectivity index (χ4n) is 4.02. The Morgan fingerprint density at radius 1 is 0.531 bits per heavy atom. The van der Waals surface area contributed by atoms with Crippen molar-refractivity contribution < 1.29 is 0 Å². The smallest absolute Gasteiger partial charge is 0.0406 e. The van der Waals surface area contributed by atoms with E-state index in [4.69, 9.17) is 11.6 Å². The lowest BCUT2D eigenvalue weighted by Crippen LogP contribution is -1.88. The fraction of sp³-hybridized carbons (Fsp3) is 0. The summed E-state index contributed by atoms with van der Waals surface area (Å²) in [5, 5.41) is 3.21. The maximum atomic E-state index is 6.04. The average molecular weight is 496 g/mol. The van der Waals surface area contributed by atoms with Gasteiger partial charge in [-0.15, -0.1) is 0 Å². The molecule has 0 aliphatic carbocycles. The van der Waals surface area contributed by atoms with Gasteiger partial charge in [-0.2, -0.15) is 0 Å². The second-order valence-electron chi connectivity index (χ2n) is 7.73. The van der Waals surface area contributed by atoms with Crippen molar-refractivity contribution in [2.24, 2.45) is 0 Å². The van der Waals surface area contributed by atoms with Crippen LogP contribution in [0, 0.1) is 0 Å². The zero-order valence-electron chi connectivity index (χ0n) is 17.3. The molecule has 0 N–H and O–H groups in total. The van der Waals surface area contributed by atoms with Crippen molar-refractivity contribution in [3.8, 4) is 22.3 Å². The van der Waals surface area contributed by atoms with Crippen LogP contribution < -0.4 is 0 Å². The molecule has 0 aliphatic rings. The summed E-state index contributed by atoms with van der Waals surface area (Å²) in [5.41, 5.74) is 7.12. The first kappa shape index (κ1) is 20.8. The fourth-order valence-corrected chi connectivity index (χ4v) is 4.61. The first-order valence-electron chi connectivity index (χ1n) is 10.5. The van der Waals surface area contributed by atoms with Gasteiger partial charge in [-0.1, -0.05) is 112 Å². The molecular formula is C30H20BrCl. The van der Waals surface area contributed by atoms with E-state index >= 15 is 0 Å². The highest BCUT2D eigenvalue weighted by Crippen LogP contribution is 2.38. The first-order valence-corrected chi connectivity index (χ1v) is 11.7. The van der Waals surface area contributed by atoms with Crippen LogP contribution in [0.25, 0.3) is 45.2 Å². The van der Waals surface area contributed by atoms with Gasteiger partial charge in [0.1, 0.15) is 0 Å². The minimum Gasteiger partial charge on any atom is -0.0843 e. The van der Waals surface area contributed by atoms with Crippen LogP contribution in [0.1, 0.15) is 11.1 Å². The SMILES string of the molecule is Clc1ccc(C=Cc2cc(-c3ccccc3)c3cc(Br)cc(-c4ccccc4)c3c2)cc1. The summed E-state index contributed by atoms with van der Waals surface area (Å²) in [6.45, 7) is 0. The van der Waals surface area contributed by atoms with Gasteiger partial charge >= 0.3 is 0 Å². The molecule has 5 rings (SSSR count). The molecule has 0 aliphatic heterocycles. The van der Waals surface area contributed by atoms with Gasteiger partial charge in [0, 0.05) is 9.50 Å². The van der Waals surface area contributed by atoms with Crippen LogP contribution in [0.4, 0.5) is 0 Å². The highest BCUT2D eigenvalue weighted by Gasteiger charge is 2.12. The zero-order chi connectivity index (χ0) is 21.9. The molecule has 0 amide bonds. The van der Waals surface area contributed by atoms with Crippen LogP contribution in [0.3, 0.4) is 0 Å². The molecule has 2 heteroatoms. The molecule has 0 fully saturated rings. The van der Waals surface area contributed by atoms with Crippen LogP contribution in [-0.2, 0) is 0 Å². The molecule has 5 aromatic carbocycles. The van der Waals surface area contributed by atoms with Gasteiger partial charge in [0.2, 0.25) is 0 Å². The Balaban J connectivity index is 1.75. The lowest BCUT2D eigenvalue weighted by atomic mass is 9.91. The number of halogens is 2. The Morgan fingerprint density at radius 2 is 1.06 bits per heavy atom. The van der Waals surface area contributed by atoms with Crippen LogP contribution in [0.5, 0.6) is 0 Å². The Morgan fingerprint density at radius 3 is 1.69 bits per heavy atom. The maximum Gasteiger partial charge on any atom is 0.0406 e. The number of fused-ring (bicyclic) bond motifs is 1. The van der Waals surface area contributed by atoms with Gasteiger partial charge < -0.3 is 0 Å². The van der Waals surface area contributed by atoms with Crippen molar-refractivity contribution in [1.29, 1.82) is 0 Å². The number of hydrogen-bond acceptors (Lipinski definition) is 0. The molecule has 0 atom stereocenters. The molecule has 0 saturated carbocycles. The summed E-state index contributed by atoms with van der Waals surface area (Å²) in [7, 11) is 0. The van der Waals surface area contributed by atoms with Crippen molar-refractivity contribution in [1.82, 2.24) is 0 Å². The quantitative estimate of drug-likeness (QED) is 0.218. The molecule has 5 aromatic rings. The Bertz CT molecular complexity index is 1400. The number of benzene rings is 5. The molecular weight excluding hydrogens is 476 g/mol. The summed E-state index contributed by atoms with van der Waals surface area (Å²) in [4.78, 5) is 0. The van der Waals surface area contributed by atoms with E-state index in [1.54, 1.807) is 0 Å². The Labute approximate surface area is 201 Å². The third-order valence-electron chi connectivity index (χ3n) is 5.56. The molecule has 0 saturated heterocycles. The van der Waals surface area contributed by atoms with E-state index in [0.717, 1.165) is 20.6 Å². The predicted octanol–water partition coefficient (Wildman–Crippen LogP) is 9.76. The topological polar surface area (TPSA) is 0 Å². The van der Waals surface area contributed by atoms with E-state index in [0.29, 0.717) is 0 Å². The monoisotopic (exact) mass is 494 g/mol. The van der Waals surface area contributed by atoms with Gasteiger partial charge in [0.25, 0.3) is 0 Å². The molecule has 0 nitrogen and oxygen atoms in total. The van der Waals surface area contributed by atoms with E-state index in [9.17, 15) is 0 Å². The van der Waals surface area contributed by atoms with Crippen molar-refractivity contribution >= 4 is 50.5 Å². The van der Waals surface area contributed by atoms with E-state index in [2.05, 4.69) is 113 Å². The van der Waals surface area contributed by atoms with Gasteiger partial charge in [0.15, 0.2) is 0 Å². The standard InChI is InChI=1S/C30H20BrCl/c31-25-19-28(24-9-5-2-6-10-24)29-18-22(12-11-21-13-15-26(32)16-14-21)17-27(30(29)20-25)23-7-3-1-4-8-23/h1-20H. The summed E-state index contributed by atoms with van der Waals surface area (Å²) in [5.74, 6) is 0. The van der Waals surface area contributed by atoms with Crippen LogP contribution >= 0.6 is 27.5 Å². The van der Waals surface area contributed by atoms with Crippen LogP contribution in [0.2, 0.25) is 5.02 Å². The van der Waals surface area contributed by atoms with Crippen LogP contribution in [0.15, 0.2) is 114 Å². The van der Waals surface area contributed by atoms with E-state index in [1.807, 2.05) is 24.3 Å². The molecule has 0 aromatic heterocycles. The van der Waals surface area contributed by atoms with Gasteiger partial charge in [-0.05, 0) is 80.6 Å². The molecule has 154 valence electrons. The van der Waals surface area contributed by atoms with Gasteiger partial charge in [-0.25, -0.2) is 0 Å². The molecule has 0 heterocycles. The lowest BCUT2D eigenvalue weighted by molar-refractivity contribution is 1.60. The van der Waals surface area contributed by atoms with Crippen molar-refractivity contribution in [2.45, 2.75) is 0 Å². The minimum absolute atomic E-state index is 0.747. The summed E-state index contributed by atoms with van der Waals surface area (Å²) >= 11 is 9.79. The van der Waals surface area contributed by atoms with Crippen molar-refractivity contribution in [2.75, 3.05) is 0 Å². The molecule has 0 unspecified atom stereocenters. The average Bonchev–Trinajstić information content (AvgIpc) is 2.84. The Hall–Kier alpha value is -3.13. The van der Waals surface area contributed by atoms with Crippen molar-refractivity contribution in [3.63, 3.8) is 0 Å². The van der Waals surface area contributed by atoms with E-state index in [-0.39, 0.29) is 0 Å². The number of rotatable bonds is 4. The third-order valence-corrected chi connectivity index (χ3v) is 6.27. The Kier molecular flexibility index (Phi) is 5.94. The lowest BCUT2D eigenvalue weighted by Gasteiger charge is -2.14. The largest absolute Gasteiger partial charge is 0.0843 e. The number of hydrogen-bond donors (Lipinski definition) is 0. The summed E-state index contributed by atoms with van der Waals surface area (Å²) < 4.78 is 1.07.